The summed E-state index contributed by atoms with van der Waals surface area (Å²) >= 11 is 0. The second-order valence-electron chi connectivity index (χ2n) is 1.13. The van der Waals surface area contributed by atoms with Crippen LogP contribution in [0, 0.1) is 0 Å². The lowest BCUT2D eigenvalue weighted by atomic mass is 10.8. The fourth-order valence-corrected chi connectivity index (χ4v) is 0.239. The first-order valence-corrected chi connectivity index (χ1v) is 2.25. The van der Waals surface area contributed by atoms with Crippen LogP contribution in [-0.4, -0.2) is 32.1 Å². The number of hydrogen-bond acceptors (Lipinski definition) is 3. The summed E-state index contributed by atoms with van der Waals surface area (Å²) in [4.78, 5) is 0. The van der Waals surface area contributed by atoms with Crippen LogP contribution in [0.4, 0.5) is 0 Å². The molecule has 0 rings (SSSR count). The molecule has 0 saturated heterocycles. The highest BCUT2D eigenvalue weighted by molar-refractivity contribution is 4.21. The van der Waals surface area contributed by atoms with Gasteiger partial charge in [-0.2, -0.15) is 0 Å². The molecule has 0 spiro atoms. The van der Waals surface area contributed by atoms with E-state index in [4.69, 9.17) is 9.84 Å². The molecule has 0 saturated carbocycles. The summed E-state index contributed by atoms with van der Waals surface area (Å²) in [5.74, 6) is 0. The molecule has 44 valence electrons. The molecule has 0 aliphatic rings. The number of nitrogens with one attached hydrogen (secondary N) is 1. The van der Waals surface area contributed by atoms with Gasteiger partial charge in [-0.15, -0.1) is 0 Å². The summed E-state index contributed by atoms with van der Waals surface area (Å²) in [6.45, 7) is 1.03. The van der Waals surface area contributed by atoms with Crippen LogP contribution in [0.3, 0.4) is 0 Å². The van der Waals surface area contributed by atoms with Crippen LogP contribution in [0.1, 0.15) is 0 Å². The summed E-state index contributed by atoms with van der Waals surface area (Å²) in [6, 6.07) is 0. The van der Waals surface area contributed by atoms with Gasteiger partial charge in [0.15, 0.2) is 0 Å². The Hall–Kier alpha value is -0.120. The smallest absolute Gasteiger partial charge is 0.0963 e. The highest BCUT2D eigenvalue weighted by Gasteiger charge is 1.77. The van der Waals surface area contributed by atoms with Gasteiger partial charge in [-0.3, -0.25) is 5.32 Å². The molecule has 0 bridgehead atoms. The van der Waals surface area contributed by atoms with Crippen LogP contribution in [0.5, 0.6) is 0 Å². The third kappa shape index (κ3) is 5.88. The van der Waals surface area contributed by atoms with Gasteiger partial charge in [0, 0.05) is 0 Å². The fraction of sp³-hybridized carbons (Fsp3) is 1.00. The predicted octanol–water partition coefficient (Wildman–Crippen LogP) is -0.828. The molecular weight excluding hydrogens is 94.0 g/mol. The molecule has 0 fully saturated rings. The van der Waals surface area contributed by atoms with Gasteiger partial charge in [0.1, 0.15) is 0 Å². The minimum atomic E-state index is 0.0989. The largest absolute Gasteiger partial charge is 0.394 e. The van der Waals surface area contributed by atoms with Crippen molar-refractivity contribution in [1.82, 2.24) is 5.32 Å². The Bertz CT molecular complexity index is 28.9. The van der Waals surface area contributed by atoms with Gasteiger partial charge in [0.2, 0.25) is 0 Å². The zero-order chi connectivity index (χ0) is 5.54. The zero-order valence-corrected chi connectivity index (χ0v) is 4.48. The first-order valence-electron chi connectivity index (χ1n) is 2.25. The van der Waals surface area contributed by atoms with E-state index >= 15 is 0 Å². The summed E-state index contributed by atoms with van der Waals surface area (Å²) in [7, 11) is 1.79. The Morgan fingerprint density at radius 2 is 2.43 bits per heavy atom. The number of rotatable bonds is 4. The topological polar surface area (TPSA) is 41.5 Å². The second-order valence-corrected chi connectivity index (χ2v) is 1.13. The van der Waals surface area contributed by atoms with Crippen molar-refractivity contribution in [1.29, 1.82) is 0 Å². The van der Waals surface area contributed by atoms with Gasteiger partial charge in [-0.05, 0) is 7.05 Å². The van der Waals surface area contributed by atoms with E-state index in [1.807, 2.05) is 0 Å². The SMILES string of the molecule is CNCOCCO. The molecule has 0 aromatic rings. The van der Waals surface area contributed by atoms with Gasteiger partial charge in [0.05, 0.1) is 19.9 Å². The number of aliphatic hydroxyl groups excluding tert-OH is 1. The molecule has 0 unspecified atom stereocenters. The van der Waals surface area contributed by atoms with Gasteiger partial charge in [-0.1, -0.05) is 0 Å². The van der Waals surface area contributed by atoms with E-state index < -0.39 is 0 Å². The first-order chi connectivity index (χ1) is 3.41. The maximum Gasteiger partial charge on any atom is 0.0963 e. The van der Waals surface area contributed by atoms with Crippen molar-refractivity contribution in [3.05, 3.63) is 0 Å². The molecular formula is C4H11NO2. The molecule has 0 aliphatic heterocycles. The minimum absolute atomic E-state index is 0.0989. The van der Waals surface area contributed by atoms with Crippen LogP contribution in [0.25, 0.3) is 0 Å². The highest BCUT2D eigenvalue weighted by atomic mass is 16.5. The maximum atomic E-state index is 8.14. The molecule has 7 heavy (non-hydrogen) atoms. The van der Waals surface area contributed by atoms with E-state index in [2.05, 4.69) is 5.32 Å². The molecule has 0 aromatic carbocycles. The summed E-state index contributed by atoms with van der Waals surface area (Å²) < 4.78 is 4.77. The van der Waals surface area contributed by atoms with Gasteiger partial charge in [0.25, 0.3) is 0 Å². The molecule has 0 heterocycles. The van der Waals surface area contributed by atoms with Gasteiger partial charge in [-0.25, -0.2) is 0 Å². The standard InChI is InChI=1S/C4H11NO2/c1-5-4-7-3-2-6/h5-6H,2-4H2,1H3. The Morgan fingerprint density at radius 1 is 1.71 bits per heavy atom. The number of ether oxygens (including phenoxy) is 1. The Balaban J connectivity index is 2.45. The fourth-order valence-electron chi connectivity index (χ4n) is 0.239. The lowest BCUT2D eigenvalue weighted by Gasteiger charge is -1.96. The third-order valence-electron chi connectivity index (χ3n) is 0.482. The van der Waals surface area contributed by atoms with E-state index in [1.165, 1.54) is 0 Å². The van der Waals surface area contributed by atoms with E-state index in [-0.39, 0.29) is 6.61 Å². The van der Waals surface area contributed by atoms with E-state index in [9.17, 15) is 0 Å². The van der Waals surface area contributed by atoms with Crippen LogP contribution in [0.15, 0.2) is 0 Å². The lowest BCUT2D eigenvalue weighted by molar-refractivity contribution is 0.0835. The molecule has 0 radical (unpaired) electrons. The molecule has 0 aromatic heterocycles. The molecule has 3 heteroatoms. The lowest BCUT2D eigenvalue weighted by Crippen LogP contribution is -2.13. The Kier molecular flexibility index (Phi) is 5.78. The summed E-state index contributed by atoms with van der Waals surface area (Å²) in [5.41, 5.74) is 0. The highest BCUT2D eigenvalue weighted by Crippen LogP contribution is 1.64. The molecule has 3 nitrogen and oxygen atoms in total. The van der Waals surface area contributed by atoms with Crippen molar-refractivity contribution in [2.45, 2.75) is 0 Å². The van der Waals surface area contributed by atoms with E-state index in [0.717, 1.165) is 0 Å². The maximum absolute atomic E-state index is 8.14. The normalized spacial score (nSPS) is 9.43. The quantitative estimate of drug-likeness (QED) is 0.362. The predicted molar refractivity (Wildman–Crippen MR) is 27.0 cm³/mol. The van der Waals surface area contributed by atoms with E-state index in [1.54, 1.807) is 7.05 Å². The summed E-state index contributed by atoms with van der Waals surface area (Å²) in [6.07, 6.45) is 0. The van der Waals surface area contributed by atoms with Crippen molar-refractivity contribution >= 4 is 0 Å². The average Bonchev–Trinajstić information content (AvgIpc) is 1.69. The molecule has 0 aliphatic carbocycles. The Morgan fingerprint density at radius 3 is 2.86 bits per heavy atom. The Labute approximate surface area is 43.3 Å². The molecule has 2 N–H and O–H groups in total. The van der Waals surface area contributed by atoms with Crippen LogP contribution >= 0.6 is 0 Å². The molecule has 0 amide bonds. The monoisotopic (exact) mass is 105 g/mol. The van der Waals surface area contributed by atoms with Crippen LogP contribution in [-0.2, 0) is 4.74 Å². The zero-order valence-electron chi connectivity index (χ0n) is 4.48. The van der Waals surface area contributed by atoms with Gasteiger partial charge < -0.3 is 9.84 Å². The van der Waals surface area contributed by atoms with Crippen molar-refractivity contribution in [2.75, 3.05) is 27.0 Å². The number of aliphatic hydroxyl groups is 1. The third-order valence-corrected chi connectivity index (χ3v) is 0.482. The van der Waals surface area contributed by atoms with E-state index in [0.29, 0.717) is 13.3 Å². The van der Waals surface area contributed by atoms with Crippen molar-refractivity contribution < 1.29 is 9.84 Å². The minimum Gasteiger partial charge on any atom is -0.394 e. The van der Waals surface area contributed by atoms with Crippen molar-refractivity contribution in [2.24, 2.45) is 0 Å². The second kappa shape index (κ2) is 5.88. The van der Waals surface area contributed by atoms with Crippen molar-refractivity contribution in [3.8, 4) is 0 Å². The van der Waals surface area contributed by atoms with Gasteiger partial charge >= 0.3 is 0 Å². The van der Waals surface area contributed by atoms with Crippen LogP contribution < -0.4 is 5.32 Å². The van der Waals surface area contributed by atoms with Crippen LogP contribution in [0.2, 0.25) is 0 Å². The van der Waals surface area contributed by atoms with Crippen molar-refractivity contribution in [3.63, 3.8) is 0 Å². The average molecular weight is 105 g/mol. The summed E-state index contributed by atoms with van der Waals surface area (Å²) in [5, 5.41) is 10.9. The first kappa shape index (κ1) is 6.88. The number of hydrogen-bond donors (Lipinski definition) is 2. The molecule has 0 atom stereocenters.